The van der Waals surface area contributed by atoms with E-state index < -0.39 is 0 Å². The Morgan fingerprint density at radius 1 is 1.46 bits per heavy atom. The number of hydrogen-bond donors (Lipinski definition) is 2. The Bertz CT molecular complexity index is 314. The molecule has 0 radical (unpaired) electrons. The Balaban J connectivity index is 2.87. The van der Waals surface area contributed by atoms with Gasteiger partial charge < -0.3 is 10.4 Å². The molecule has 0 fully saturated rings. The van der Waals surface area contributed by atoms with Crippen LogP contribution in [-0.2, 0) is 0 Å². The van der Waals surface area contributed by atoms with Gasteiger partial charge in [-0.1, -0.05) is 41.2 Å². The molecule has 1 aliphatic rings. The van der Waals surface area contributed by atoms with Crippen molar-refractivity contribution in [1.82, 2.24) is 0 Å². The second-order valence-corrected chi connectivity index (χ2v) is 2.57. The summed E-state index contributed by atoms with van der Waals surface area (Å²) in [5.41, 5.74) is 1.04. The largest absolute Gasteiger partial charge is 0.411 e. The van der Waals surface area contributed by atoms with Crippen molar-refractivity contribution in [1.29, 1.82) is 0 Å². The fraction of sp³-hybridized carbons (Fsp3) is 0.111. The van der Waals surface area contributed by atoms with Gasteiger partial charge in [-0.3, -0.25) is 0 Å². The van der Waals surface area contributed by atoms with Crippen LogP contribution in [0.1, 0.15) is 0 Å². The van der Waals surface area contributed by atoms with Crippen LogP contribution in [0.15, 0.2) is 46.8 Å². The van der Waals surface area contributed by atoms with Gasteiger partial charge in [0.05, 0.1) is 6.21 Å². The Morgan fingerprint density at radius 2 is 2.23 bits per heavy atom. The van der Waals surface area contributed by atoms with Crippen LogP contribution < -0.4 is 0 Å². The van der Waals surface area contributed by atoms with E-state index in [1.807, 2.05) is 12.2 Å². The predicted molar refractivity (Wildman–Crippen MR) is 50.4 cm³/mol. The molecule has 1 atom stereocenters. The molecule has 0 aliphatic heterocycles. The summed E-state index contributed by atoms with van der Waals surface area (Å²) in [6, 6.07) is 0. The van der Waals surface area contributed by atoms with E-state index in [0.717, 1.165) is 11.8 Å². The summed E-state index contributed by atoms with van der Waals surface area (Å²) in [5, 5.41) is 22.7. The van der Waals surface area contributed by atoms with E-state index in [1.165, 1.54) is 0 Å². The first-order chi connectivity index (χ1) is 6.29. The molecule has 0 aromatic rings. The predicted octanol–water partition coefficient (Wildman–Crippen LogP) is 1.57. The van der Waals surface area contributed by atoms with E-state index in [4.69, 9.17) is 10.4 Å². The Morgan fingerprint density at radius 3 is 2.77 bits per heavy atom. The van der Waals surface area contributed by atoms with Crippen molar-refractivity contribution in [3.05, 3.63) is 36.5 Å². The number of rotatable bonds is 2. The fourth-order valence-corrected chi connectivity index (χ4v) is 1.10. The summed E-state index contributed by atoms with van der Waals surface area (Å²) in [4.78, 5) is 0. The zero-order valence-corrected chi connectivity index (χ0v) is 6.96. The molecule has 0 saturated carbocycles. The maximum Gasteiger partial charge on any atom is 0.112 e. The molecule has 0 amide bonds. The van der Waals surface area contributed by atoms with Gasteiger partial charge >= 0.3 is 0 Å². The van der Waals surface area contributed by atoms with Crippen LogP contribution in [0.4, 0.5) is 0 Å². The molecule has 0 heterocycles. The van der Waals surface area contributed by atoms with Crippen molar-refractivity contribution in [3.63, 3.8) is 0 Å². The summed E-state index contributed by atoms with van der Waals surface area (Å²) >= 11 is 0. The number of nitrogens with zero attached hydrogens (tertiary/aromatic N) is 2. The van der Waals surface area contributed by atoms with Gasteiger partial charge in [-0.05, 0) is 5.57 Å². The summed E-state index contributed by atoms with van der Waals surface area (Å²) < 4.78 is 0. The van der Waals surface area contributed by atoms with E-state index in [9.17, 15) is 0 Å². The number of oxime groups is 2. The molecule has 1 unspecified atom stereocenters. The van der Waals surface area contributed by atoms with E-state index in [0.29, 0.717) is 0 Å². The second kappa shape index (κ2) is 4.25. The second-order valence-electron chi connectivity index (χ2n) is 2.57. The van der Waals surface area contributed by atoms with Crippen LogP contribution in [0.3, 0.4) is 0 Å². The topological polar surface area (TPSA) is 65.2 Å². The first-order valence-corrected chi connectivity index (χ1v) is 3.72. The van der Waals surface area contributed by atoms with E-state index in [2.05, 4.69) is 16.9 Å². The van der Waals surface area contributed by atoms with Crippen LogP contribution in [-0.4, -0.2) is 22.3 Å². The minimum atomic E-state index is -0.217. The highest BCUT2D eigenvalue weighted by atomic mass is 16.4. The van der Waals surface area contributed by atoms with E-state index in [1.54, 1.807) is 12.2 Å². The molecular weight excluding hydrogens is 168 g/mol. The minimum Gasteiger partial charge on any atom is -0.411 e. The highest BCUT2D eigenvalue weighted by Crippen LogP contribution is 2.17. The van der Waals surface area contributed by atoms with Crippen LogP contribution in [0, 0.1) is 5.92 Å². The van der Waals surface area contributed by atoms with Crippen LogP contribution in [0.25, 0.3) is 0 Å². The van der Waals surface area contributed by atoms with E-state index in [-0.39, 0.29) is 11.6 Å². The third-order valence-corrected chi connectivity index (χ3v) is 1.75. The third kappa shape index (κ3) is 2.05. The lowest BCUT2D eigenvalue weighted by atomic mass is 9.92. The standard InChI is InChI=1S/C9H10N2O2/c1-7-4-2-3-5-8(7)9(11-13)6-10-12/h2-6,8,12-13H,1H2. The highest BCUT2D eigenvalue weighted by Gasteiger charge is 2.15. The molecular formula is C9H10N2O2. The van der Waals surface area contributed by atoms with Crippen molar-refractivity contribution >= 4 is 11.9 Å². The van der Waals surface area contributed by atoms with Crippen molar-refractivity contribution in [2.24, 2.45) is 16.2 Å². The number of hydrogen-bond acceptors (Lipinski definition) is 4. The van der Waals surface area contributed by atoms with Gasteiger partial charge in [0.1, 0.15) is 5.71 Å². The average molecular weight is 178 g/mol. The summed E-state index contributed by atoms with van der Waals surface area (Å²) in [7, 11) is 0. The lowest BCUT2D eigenvalue weighted by Gasteiger charge is -2.13. The lowest BCUT2D eigenvalue weighted by Crippen LogP contribution is -2.16. The van der Waals surface area contributed by atoms with Crippen molar-refractivity contribution in [3.8, 4) is 0 Å². The SMILES string of the molecule is C=C1C=CC=CC1C(C=NO)=NO. The maximum atomic E-state index is 8.61. The third-order valence-electron chi connectivity index (χ3n) is 1.75. The zero-order valence-electron chi connectivity index (χ0n) is 6.96. The van der Waals surface area contributed by atoms with Crippen molar-refractivity contribution < 1.29 is 10.4 Å². The fourth-order valence-electron chi connectivity index (χ4n) is 1.10. The highest BCUT2D eigenvalue weighted by molar-refractivity contribution is 6.32. The monoisotopic (exact) mass is 178 g/mol. The molecule has 0 aromatic heterocycles. The molecule has 0 saturated heterocycles. The number of allylic oxidation sites excluding steroid dienone is 5. The van der Waals surface area contributed by atoms with Crippen molar-refractivity contribution in [2.45, 2.75) is 0 Å². The summed E-state index contributed by atoms with van der Waals surface area (Å²) in [6.07, 6.45) is 8.35. The molecule has 1 aliphatic carbocycles. The molecule has 13 heavy (non-hydrogen) atoms. The summed E-state index contributed by atoms with van der Waals surface area (Å²) in [6.45, 7) is 3.77. The van der Waals surface area contributed by atoms with Crippen molar-refractivity contribution in [2.75, 3.05) is 0 Å². The summed E-state index contributed by atoms with van der Waals surface area (Å²) in [5.74, 6) is -0.217. The molecule has 0 bridgehead atoms. The maximum absolute atomic E-state index is 8.61. The van der Waals surface area contributed by atoms with Gasteiger partial charge in [-0.2, -0.15) is 0 Å². The zero-order chi connectivity index (χ0) is 9.68. The Labute approximate surface area is 75.9 Å². The van der Waals surface area contributed by atoms with Gasteiger partial charge in [-0.25, -0.2) is 0 Å². The van der Waals surface area contributed by atoms with E-state index >= 15 is 0 Å². The van der Waals surface area contributed by atoms with Gasteiger partial charge in [0, 0.05) is 5.92 Å². The van der Waals surface area contributed by atoms with Gasteiger partial charge in [-0.15, -0.1) is 0 Å². The minimum absolute atomic E-state index is 0.217. The molecule has 1 rings (SSSR count). The normalized spacial score (nSPS) is 22.9. The van der Waals surface area contributed by atoms with Gasteiger partial charge in [0.25, 0.3) is 0 Å². The lowest BCUT2D eigenvalue weighted by molar-refractivity contribution is 0.314. The molecule has 2 N–H and O–H groups in total. The quantitative estimate of drug-likeness (QED) is 0.383. The van der Waals surface area contributed by atoms with Crippen LogP contribution in [0.5, 0.6) is 0 Å². The molecule has 0 aromatic carbocycles. The first kappa shape index (κ1) is 9.25. The molecule has 68 valence electrons. The Hall–Kier alpha value is -1.84. The average Bonchev–Trinajstić information content (AvgIpc) is 2.16. The van der Waals surface area contributed by atoms with Gasteiger partial charge in [0.2, 0.25) is 0 Å². The molecule has 4 nitrogen and oxygen atoms in total. The van der Waals surface area contributed by atoms with Crippen LogP contribution >= 0.6 is 0 Å². The van der Waals surface area contributed by atoms with Gasteiger partial charge in [0.15, 0.2) is 0 Å². The Kier molecular flexibility index (Phi) is 3.03. The molecule has 4 heteroatoms. The first-order valence-electron chi connectivity index (χ1n) is 3.72. The van der Waals surface area contributed by atoms with Crippen LogP contribution in [0.2, 0.25) is 0 Å². The molecule has 0 spiro atoms. The smallest absolute Gasteiger partial charge is 0.112 e.